The standard InChI is InChI=1S/C8H11NO3/c1-2-6(8(10)11)7-5(3-9)4-12-7/h5-7H,2,4H2,1H3,(H,10,11). The molecule has 1 saturated heterocycles. The van der Waals surface area contributed by atoms with E-state index in [2.05, 4.69) is 0 Å². The molecular formula is C8H11NO3. The van der Waals surface area contributed by atoms with Crippen molar-refractivity contribution in [3.63, 3.8) is 0 Å². The Labute approximate surface area is 70.7 Å². The number of hydrogen-bond donors (Lipinski definition) is 1. The summed E-state index contributed by atoms with van der Waals surface area (Å²) in [7, 11) is 0. The molecule has 4 heteroatoms. The molecule has 0 saturated carbocycles. The fourth-order valence-electron chi connectivity index (χ4n) is 1.36. The van der Waals surface area contributed by atoms with Crippen LogP contribution in [0.3, 0.4) is 0 Å². The normalized spacial score (nSPS) is 30.0. The maximum absolute atomic E-state index is 10.6. The van der Waals surface area contributed by atoms with Gasteiger partial charge >= 0.3 is 5.97 Å². The number of nitriles is 1. The Hall–Kier alpha value is -1.08. The summed E-state index contributed by atoms with van der Waals surface area (Å²) in [5.74, 6) is -1.63. The van der Waals surface area contributed by atoms with Crippen LogP contribution < -0.4 is 0 Å². The molecule has 1 rings (SSSR count). The van der Waals surface area contributed by atoms with E-state index in [4.69, 9.17) is 15.1 Å². The van der Waals surface area contributed by atoms with Gasteiger partial charge in [0.25, 0.3) is 0 Å². The van der Waals surface area contributed by atoms with E-state index in [0.717, 1.165) is 0 Å². The van der Waals surface area contributed by atoms with Crippen LogP contribution in [0, 0.1) is 23.2 Å². The first-order valence-corrected chi connectivity index (χ1v) is 3.94. The van der Waals surface area contributed by atoms with Gasteiger partial charge in [0.1, 0.15) is 0 Å². The maximum Gasteiger partial charge on any atom is 0.309 e. The zero-order valence-corrected chi connectivity index (χ0v) is 6.86. The zero-order chi connectivity index (χ0) is 9.14. The van der Waals surface area contributed by atoms with E-state index in [1.807, 2.05) is 6.07 Å². The average Bonchev–Trinajstić information content (AvgIpc) is 1.97. The monoisotopic (exact) mass is 169 g/mol. The van der Waals surface area contributed by atoms with E-state index < -0.39 is 18.0 Å². The lowest BCUT2D eigenvalue weighted by Gasteiger charge is -2.35. The van der Waals surface area contributed by atoms with Crippen molar-refractivity contribution in [3.05, 3.63) is 0 Å². The van der Waals surface area contributed by atoms with Crippen molar-refractivity contribution < 1.29 is 14.6 Å². The van der Waals surface area contributed by atoms with Crippen LogP contribution in [0.2, 0.25) is 0 Å². The number of nitrogens with zero attached hydrogens (tertiary/aromatic N) is 1. The number of carboxylic acids is 1. The largest absolute Gasteiger partial charge is 0.481 e. The first kappa shape index (κ1) is 9.01. The predicted octanol–water partition coefficient (Wildman–Crippen LogP) is 0.636. The van der Waals surface area contributed by atoms with Gasteiger partial charge < -0.3 is 9.84 Å². The third-order valence-electron chi connectivity index (χ3n) is 2.18. The summed E-state index contributed by atoms with van der Waals surface area (Å²) < 4.78 is 5.05. The van der Waals surface area contributed by atoms with Crippen LogP contribution in [0.15, 0.2) is 0 Å². The summed E-state index contributed by atoms with van der Waals surface area (Å²) in [6.45, 7) is 2.17. The van der Waals surface area contributed by atoms with Crippen molar-refractivity contribution in [1.29, 1.82) is 5.26 Å². The highest BCUT2D eigenvalue weighted by molar-refractivity contribution is 5.71. The van der Waals surface area contributed by atoms with Crippen molar-refractivity contribution in [2.24, 2.45) is 11.8 Å². The van der Waals surface area contributed by atoms with Crippen molar-refractivity contribution >= 4 is 5.97 Å². The fraction of sp³-hybridized carbons (Fsp3) is 0.750. The summed E-state index contributed by atoms with van der Waals surface area (Å²) in [5, 5.41) is 17.3. The lowest BCUT2D eigenvalue weighted by molar-refractivity contribution is -0.164. The highest BCUT2D eigenvalue weighted by Gasteiger charge is 2.41. The van der Waals surface area contributed by atoms with E-state index in [-0.39, 0.29) is 5.92 Å². The van der Waals surface area contributed by atoms with Crippen LogP contribution in [-0.2, 0) is 9.53 Å². The second kappa shape index (κ2) is 3.55. The number of ether oxygens (including phenoxy) is 1. The van der Waals surface area contributed by atoms with Gasteiger partial charge in [-0.15, -0.1) is 0 Å². The Balaban J connectivity index is 2.56. The molecule has 1 N–H and O–H groups in total. The van der Waals surface area contributed by atoms with Crippen LogP contribution in [-0.4, -0.2) is 23.8 Å². The summed E-state index contributed by atoms with van der Waals surface area (Å²) in [4.78, 5) is 10.6. The molecule has 4 nitrogen and oxygen atoms in total. The summed E-state index contributed by atoms with van der Waals surface area (Å²) in [5.41, 5.74) is 0. The van der Waals surface area contributed by atoms with E-state index >= 15 is 0 Å². The minimum atomic E-state index is -0.873. The first-order chi connectivity index (χ1) is 5.70. The predicted molar refractivity (Wildman–Crippen MR) is 40.3 cm³/mol. The summed E-state index contributed by atoms with van der Waals surface area (Å²) >= 11 is 0. The zero-order valence-electron chi connectivity index (χ0n) is 6.86. The first-order valence-electron chi connectivity index (χ1n) is 3.94. The van der Waals surface area contributed by atoms with Crippen molar-refractivity contribution in [2.45, 2.75) is 19.4 Å². The molecule has 1 aliphatic rings. The Morgan fingerprint density at radius 3 is 2.83 bits per heavy atom. The molecule has 0 aliphatic carbocycles. The second-order valence-electron chi connectivity index (χ2n) is 2.89. The van der Waals surface area contributed by atoms with Crippen LogP contribution in [0.1, 0.15) is 13.3 Å². The number of carboxylic acid groups (broad SMARTS) is 1. The number of hydrogen-bond acceptors (Lipinski definition) is 3. The van der Waals surface area contributed by atoms with Crippen LogP contribution in [0.25, 0.3) is 0 Å². The summed E-state index contributed by atoms with van der Waals surface area (Å²) in [6.07, 6.45) is 0.121. The topological polar surface area (TPSA) is 70.3 Å². The SMILES string of the molecule is CCC(C(=O)O)C1OCC1C#N. The van der Waals surface area contributed by atoms with E-state index in [1.54, 1.807) is 6.92 Å². The summed E-state index contributed by atoms with van der Waals surface area (Å²) in [6, 6.07) is 2.03. The Bertz CT molecular complexity index is 221. The van der Waals surface area contributed by atoms with E-state index in [9.17, 15) is 4.79 Å². The van der Waals surface area contributed by atoms with E-state index in [0.29, 0.717) is 13.0 Å². The van der Waals surface area contributed by atoms with E-state index in [1.165, 1.54) is 0 Å². The number of carbonyl (C=O) groups is 1. The molecule has 0 bridgehead atoms. The smallest absolute Gasteiger partial charge is 0.309 e. The molecule has 3 atom stereocenters. The van der Waals surface area contributed by atoms with Gasteiger partial charge in [-0.2, -0.15) is 5.26 Å². The molecule has 1 heterocycles. The van der Waals surface area contributed by atoms with Gasteiger partial charge in [-0.1, -0.05) is 6.92 Å². The highest BCUT2D eigenvalue weighted by atomic mass is 16.5. The molecule has 1 fully saturated rings. The lowest BCUT2D eigenvalue weighted by Crippen LogP contribution is -2.46. The molecule has 0 aromatic rings. The molecule has 0 aromatic carbocycles. The Morgan fingerprint density at radius 1 is 1.92 bits per heavy atom. The van der Waals surface area contributed by atoms with Crippen molar-refractivity contribution in [3.8, 4) is 6.07 Å². The van der Waals surface area contributed by atoms with Gasteiger partial charge in [0, 0.05) is 0 Å². The average molecular weight is 169 g/mol. The van der Waals surface area contributed by atoms with Gasteiger partial charge in [-0.25, -0.2) is 0 Å². The molecule has 3 unspecified atom stereocenters. The second-order valence-corrected chi connectivity index (χ2v) is 2.89. The molecule has 66 valence electrons. The quantitative estimate of drug-likeness (QED) is 0.672. The minimum absolute atomic E-state index is 0.231. The van der Waals surface area contributed by atoms with Crippen molar-refractivity contribution in [1.82, 2.24) is 0 Å². The maximum atomic E-state index is 10.6. The molecule has 12 heavy (non-hydrogen) atoms. The van der Waals surface area contributed by atoms with Gasteiger partial charge in [-0.3, -0.25) is 4.79 Å². The molecule has 0 radical (unpaired) electrons. The molecule has 0 spiro atoms. The fourth-order valence-corrected chi connectivity index (χ4v) is 1.36. The molecular weight excluding hydrogens is 158 g/mol. The molecule has 1 aliphatic heterocycles. The molecule has 0 amide bonds. The molecule has 0 aromatic heterocycles. The van der Waals surface area contributed by atoms with Crippen LogP contribution in [0.4, 0.5) is 0 Å². The van der Waals surface area contributed by atoms with Crippen LogP contribution >= 0.6 is 0 Å². The van der Waals surface area contributed by atoms with Gasteiger partial charge in [-0.05, 0) is 6.42 Å². The third kappa shape index (κ3) is 1.41. The lowest BCUT2D eigenvalue weighted by atomic mass is 9.86. The Kier molecular flexibility index (Phi) is 2.66. The van der Waals surface area contributed by atoms with Gasteiger partial charge in [0.15, 0.2) is 0 Å². The van der Waals surface area contributed by atoms with Crippen LogP contribution in [0.5, 0.6) is 0 Å². The van der Waals surface area contributed by atoms with Gasteiger partial charge in [0.2, 0.25) is 0 Å². The van der Waals surface area contributed by atoms with Gasteiger partial charge in [0.05, 0.1) is 30.6 Å². The third-order valence-corrected chi connectivity index (χ3v) is 2.18. The number of rotatable bonds is 3. The van der Waals surface area contributed by atoms with Crippen molar-refractivity contribution in [2.75, 3.05) is 6.61 Å². The number of aliphatic carboxylic acids is 1. The highest BCUT2D eigenvalue weighted by Crippen LogP contribution is 2.28. The Morgan fingerprint density at radius 2 is 2.58 bits per heavy atom. The minimum Gasteiger partial charge on any atom is -0.481 e.